The largest absolute Gasteiger partial charge is 0.389 e. The molecule has 2 rings (SSSR count). The van der Waals surface area contributed by atoms with Crippen LogP contribution in [0.15, 0.2) is 6.20 Å². The minimum absolute atomic E-state index is 0.261. The quantitative estimate of drug-likeness (QED) is 0.798. The first-order chi connectivity index (χ1) is 6.89. The lowest BCUT2D eigenvalue weighted by atomic mass is 9.87. The normalized spacial score (nSPS) is 29.6. The van der Waals surface area contributed by atoms with Gasteiger partial charge < -0.3 is 5.11 Å². The van der Waals surface area contributed by atoms with Crippen LogP contribution in [0.25, 0.3) is 0 Å². The van der Waals surface area contributed by atoms with Crippen molar-refractivity contribution in [3.8, 4) is 0 Å². The van der Waals surface area contributed by atoms with Crippen molar-refractivity contribution in [1.29, 1.82) is 0 Å². The van der Waals surface area contributed by atoms with Gasteiger partial charge in [0, 0.05) is 19.7 Å². The molecule has 1 aliphatic rings. The molecule has 4 nitrogen and oxygen atoms in total. The van der Waals surface area contributed by atoms with E-state index in [9.17, 15) is 5.11 Å². The lowest BCUT2D eigenvalue weighted by molar-refractivity contribution is 0.0369. The van der Waals surface area contributed by atoms with E-state index in [0.29, 0.717) is 6.42 Å². The number of aryl methyl sites for hydroxylation is 1. The number of rotatable bonds is 2. The van der Waals surface area contributed by atoms with Crippen molar-refractivity contribution < 1.29 is 5.11 Å². The van der Waals surface area contributed by atoms with Crippen molar-refractivity contribution in [3.05, 3.63) is 11.9 Å². The summed E-state index contributed by atoms with van der Waals surface area (Å²) in [4.78, 5) is 0. The molecule has 15 heavy (non-hydrogen) atoms. The highest BCUT2D eigenvalue weighted by atomic mass is 16.3. The van der Waals surface area contributed by atoms with Gasteiger partial charge in [0.15, 0.2) is 0 Å². The van der Waals surface area contributed by atoms with E-state index in [2.05, 4.69) is 24.2 Å². The summed E-state index contributed by atoms with van der Waals surface area (Å²) >= 11 is 0. The third kappa shape index (κ3) is 2.37. The first-order valence-electron chi connectivity index (χ1n) is 5.46. The number of aromatic nitrogens is 3. The highest BCUT2D eigenvalue weighted by Gasteiger charge is 2.42. The highest BCUT2D eigenvalue weighted by Crippen LogP contribution is 2.44. The van der Waals surface area contributed by atoms with E-state index in [1.165, 1.54) is 0 Å². The minimum Gasteiger partial charge on any atom is -0.389 e. The molecule has 0 aromatic carbocycles. The molecule has 0 amide bonds. The Bertz CT molecular complexity index is 358. The molecule has 1 aromatic heterocycles. The topological polar surface area (TPSA) is 50.9 Å². The molecule has 1 saturated carbocycles. The Morgan fingerprint density at radius 2 is 2.20 bits per heavy atom. The van der Waals surface area contributed by atoms with Crippen LogP contribution in [0.5, 0.6) is 0 Å². The molecule has 1 fully saturated rings. The number of hydrogen-bond donors (Lipinski definition) is 1. The van der Waals surface area contributed by atoms with Crippen molar-refractivity contribution >= 4 is 0 Å². The Balaban J connectivity index is 2.06. The van der Waals surface area contributed by atoms with Crippen molar-refractivity contribution in [2.24, 2.45) is 12.5 Å². The van der Waals surface area contributed by atoms with Crippen LogP contribution in [0.2, 0.25) is 0 Å². The summed E-state index contributed by atoms with van der Waals surface area (Å²) in [6.07, 6.45) is 5.32. The fraction of sp³-hybridized carbons (Fsp3) is 0.818. The number of hydrogen-bond acceptors (Lipinski definition) is 3. The molecule has 0 aliphatic heterocycles. The van der Waals surface area contributed by atoms with E-state index in [1.54, 1.807) is 4.68 Å². The molecule has 84 valence electrons. The predicted molar refractivity (Wildman–Crippen MR) is 57.3 cm³/mol. The average molecular weight is 209 g/mol. The zero-order valence-corrected chi connectivity index (χ0v) is 9.69. The summed E-state index contributed by atoms with van der Waals surface area (Å²) in [7, 11) is 1.85. The predicted octanol–water partition coefficient (Wildman–Crippen LogP) is 1.30. The second kappa shape index (κ2) is 3.30. The first-order valence-corrected chi connectivity index (χ1v) is 5.46. The molecule has 1 aliphatic carbocycles. The minimum atomic E-state index is -0.570. The molecule has 4 heteroatoms. The first kappa shape index (κ1) is 10.6. The van der Waals surface area contributed by atoms with E-state index in [1.807, 2.05) is 13.2 Å². The van der Waals surface area contributed by atoms with Gasteiger partial charge in [0.05, 0.1) is 11.3 Å². The maximum Gasteiger partial charge on any atom is 0.0855 e. The summed E-state index contributed by atoms with van der Waals surface area (Å²) < 4.78 is 1.68. The van der Waals surface area contributed by atoms with Crippen LogP contribution in [0.1, 0.15) is 38.8 Å². The average Bonchev–Trinajstić information content (AvgIpc) is 2.57. The molecule has 1 unspecified atom stereocenters. The molecule has 1 N–H and O–H groups in total. The third-order valence-electron chi connectivity index (χ3n) is 3.24. The van der Waals surface area contributed by atoms with Gasteiger partial charge in [-0.15, -0.1) is 5.10 Å². The fourth-order valence-corrected chi connectivity index (χ4v) is 2.60. The van der Waals surface area contributed by atoms with Gasteiger partial charge in [-0.1, -0.05) is 19.1 Å². The van der Waals surface area contributed by atoms with Crippen LogP contribution in [-0.4, -0.2) is 25.7 Å². The van der Waals surface area contributed by atoms with Gasteiger partial charge in [-0.05, 0) is 24.7 Å². The Labute approximate surface area is 90.3 Å². The lowest BCUT2D eigenvalue weighted by Crippen LogP contribution is -2.29. The van der Waals surface area contributed by atoms with Crippen LogP contribution in [0.3, 0.4) is 0 Å². The molecule has 1 atom stereocenters. The molecular weight excluding hydrogens is 190 g/mol. The van der Waals surface area contributed by atoms with Gasteiger partial charge in [-0.25, -0.2) is 0 Å². The zero-order valence-electron chi connectivity index (χ0n) is 9.69. The molecular formula is C11H19N3O. The fourth-order valence-electron chi connectivity index (χ4n) is 2.60. The Hall–Kier alpha value is -0.900. The molecule has 1 aromatic rings. The monoisotopic (exact) mass is 209 g/mol. The molecule has 0 radical (unpaired) electrons. The van der Waals surface area contributed by atoms with Gasteiger partial charge in [-0.3, -0.25) is 4.68 Å². The van der Waals surface area contributed by atoms with E-state index < -0.39 is 5.60 Å². The van der Waals surface area contributed by atoms with Crippen LogP contribution in [-0.2, 0) is 13.5 Å². The summed E-state index contributed by atoms with van der Waals surface area (Å²) in [6, 6.07) is 0. The van der Waals surface area contributed by atoms with Crippen molar-refractivity contribution in [2.45, 2.75) is 45.1 Å². The Morgan fingerprint density at radius 3 is 2.67 bits per heavy atom. The second-order valence-corrected chi connectivity index (χ2v) is 5.63. The molecule has 1 heterocycles. The van der Waals surface area contributed by atoms with Crippen molar-refractivity contribution in [2.75, 3.05) is 0 Å². The maximum absolute atomic E-state index is 10.4. The summed E-state index contributed by atoms with van der Waals surface area (Å²) in [5, 5.41) is 18.3. The van der Waals surface area contributed by atoms with Gasteiger partial charge in [0.25, 0.3) is 0 Å². The lowest BCUT2D eigenvalue weighted by Gasteiger charge is -2.24. The summed E-state index contributed by atoms with van der Waals surface area (Å²) in [5.74, 6) is 0. The van der Waals surface area contributed by atoms with E-state index in [4.69, 9.17) is 0 Å². The van der Waals surface area contributed by atoms with E-state index in [0.717, 1.165) is 25.0 Å². The van der Waals surface area contributed by atoms with Crippen LogP contribution in [0.4, 0.5) is 0 Å². The molecule has 0 spiro atoms. The van der Waals surface area contributed by atoms with Crippen LogP contribution < -0.4 is 0 Å². The van der Waals surface area contributed by atoms with Crippen molar-refractivity contribution in [3.63, 3.8) is 0 Å². The zero-order chi connectivity index (χ0) is 11.1. The Morgan fingerprint density at radius 1 is 1.47 bits per heavy atom. The highest BCUT2D eigenvalue weighted by molar-refractivity contribution is 5.04. The molecule has 0 saturated heterocycles. The van der Waals surface area contributed by atoms with E-state index >= 15 is 0 Å². The van der Waals surface area contributed by atoms with Crippen LogP contribution >= 0.6 is 0 Å². The summed E-state index contributed by atoms with van der Waals surface area (Å²) in [5.41, 5.74) is 0.578. The molecule has 0 bridgehead atoms. The standard InChI is InChI=1S/C11H19N3O/c1-10(2)4-5-11(15,8-10)6-9-7-14(3)13-12-9/h7,15H,4-6,8H2,1-3H3. The second-order valence-electron chi connectivity index (χ2n) is 5.63. The number of nitrogens with zero attached hydrogens (tertiary/aromatic N) is 3. The van der Waals surface area contributed by atoms with Crippen molar-refractivity contribution in [1.82, 2.24) is 15.0 Å². The van der Waals surface area contributed by atoms with Gasteiger partial charge in [0.2, 0.25) is 0 Å². The van der Waals surface area contributed by atoms with E-state index in [-0.39, 0.29) is 5.41 Å². The van der Waals surface area contributed by atoms with Crippen LogP contribution in [0, 0.1) is 5.41 Å². The maximum atomic E-state index is 10.4. The van der Waals surface area contributed by atoms with Gasteiger partial charge in [0.1, 0.15) is 0 Å². The summed E-state index contributed by atoms with van der Waals surface area (Å²) in [6.45, 7) is 4.42. The SMILES string of the molecule is Cn1cc(CC2(O)CCC(C)(C)C2)nn1. The van der Waals surface area contributed by atoms with Gasteiger partial charge in [-0.2, -0.15) is 0 Å². The number of aliphatic hydroxyl groups is 1. The van der Waals surface area contributed by atoms with Gasteiger partial charge >= 0.3 is 0 Å². The smallest absolute Gasteiger partial charge is 0.0855 e. The third-order valence-corrected chi connectivity index (χ3v) is 3.24. The Kier molecular flexibility index (Phi) is 2.34.